The molecule has 1 aliphatic carbocycles. The minimum Gasteiger partial charge on any atom is -0.508 e. The minimum absolute atomic E-state index is 0.206. The van der Waals surface area contributed by atoms with E-state index in [2.05, 4.69) is 4.98 Å². The lowest BCUT2D eigenvalue weighted by Gasteiger charge is -1.97. The predicted octanol–water partition coefficient (Wildman–Crippen LogP) is 2.95. The quantitative estimate of drug-likeness (QED) is 0.765. The van der Waals surface area contributed by atoms with Gasteiger partial charge < -0.3 is 10.8 Å². The van der Waals surface area contributed by atoms with Crippen LogP contribution in [0.25, 0.3) is 10.9 Å². The lowest BCUT2D eigenvalue weighted by molar-refractivity contribution is 0.476. The summed E-state index contributed by atoms with van der Waals surface area (Å²) in [7, 11) is 0. The van der Waals surface area contributed by atoms with E-state index in [1.54, 1.807) is 24.3 Å². The topological polar surface area (TPSA) is 59.1 Å². The first kappa shape index (κ1) is 12.1. The minimum atomic E-state index is 0.206. The maximum atomic E-state index is 9.14. The second-order valence-corrected chi connectivity index (χ2v) is 4.58. The van der Waals surface area contributed by atoms with Crippen LogP contribution in [-0.4, -0.2) is 16.6 Å². The van der Waals surface area contributed by atoms with Gasteiger partial charge in [0.15, 0.2) is 0 Å². The van der Waals surface area contributed by atoms with Crippen LogP contribution in [0.15, 0.2) is 30.3 Å². The van der Waals surface area contributed by atoms with Gasteiger partial charge in [0.05, 0.1) is 5.52 Å². The van der Waals surface area contributed by atoms with Crippen molar-refractivity contribution >= 4 is 22.5 Å². The average molecular weight is 251 g/mol. The van der Waals surface area contributed by atoms with Crippen molar-refractivity contribution < 1.29 is 5.11 Å². The molecule has 3 N–H and O–H groups in total. The number of hydrogen-bond donors (Lipinski definition) is 2. The van der Waals surface area contributed by atoms with E-state index in [0.29, 0.717) is 10.7 Å². The molecule has 0 amide bonds. The lowest BCUT2D eigenvalue weighted by atomic mass is 10.2. The number of pyridine rings is 1. The highest BCUT2D eigenvalue weighted by Gasteiger charge is 2.17. The molecule has 17 heavy (non-hydrogen) atoms. The maximum absolute atomic E-state index is 9.14. The molecule has 0 aliphatic heterocycles. The molecule has 4 heteroatoms. The number of halogens is 1. The number of fused-ring (bicyclic) bond motifs is 1. The SMILES string of the molecule is NCC1CC1.Oc1ccc2ccc(Cl)nc2c1. The first-order chi connectivity index (χ1) is 8.19. The van der Waals surface area contributed by atoms with Crippen LogP contribution >= 0.6 is 11.6 Å². The first-order valence-corrected chi connectivity index (χ1v) is 6.02. The van der Waals surface area contributed by atoms with Crippen LogP contribution in [0, 0.1) is 5.92 Å². The largest absolute Gasteiger partial charge is 0.508 e. The summed E-state index contributed by atoms with van der Waals surface area (Å²) in [5, 5.41) is 10.5. The van der Waals surface area contributed by atoms with Crippen LogP contribution in [-0.2, 0) is 0 Å². The van der Waals surface area contributed by atoms with Gasteiger partial charge >= 0.3 is 0 Å². The van der Waals surface area contributed by atoms with Crippen LogP contribution < -0.4 is 5.73 Å². The zero-order chi connectivity index (χ0) is 12.3. The predicted molar refractivity (Wildman–Crippen MR) is 70.2 cm³/mol. The van der Waals surface area contributed by atoms with E-state index < -0.39 is 0 Å². The Hall–Kier alpha value is -1.32. The van der Waals surface area contributed by atoms with Crippen molar-refractivity contribution in [2.45, 2.75) is 12.8 Å². The molecule has 1 saturated carbocycles. The van der Waals surface area contributed by atoms with Crippen LogP contribution in [0.4, 0.5) is 0 Å². The molecule has 0 unspecified atom stereocenters. The van der Waals surface area contributed by atoms with Crippen LogP contribution in [0.3, 0.4) is 0 Å². The summed E-state index contributed by atoms with van der Waals surface area (Å²) in [5.41, 5.74) is 5.94. The van der Waals surface area contributed by atoms with Gasteiger partial charge in [-0.1, -0.05) is 11.6 Å². The highest BCUT2D eigenvalue weighted by Crippen LogP contribution is 2.26. The molecular formula is C13H15ClN2O. The molecule has 1 heterocycles. The molecule has 1 aromatic carbocycles. The number of benzene rings is 1. The highest BCUT2D eigenvalue weighted by molar-refractivity contribution is 6.29. The molecule has 3 nitrogen and oxygen atoms in total. The standard InChI is InChI=1S/C9H6ClNO.C4H9N/c10-9-4-2-6-1-3-7(12)5-8(6)11-9;5-3-4-1-2-4/h1-5,12H;4H,1-3,5H2. The number of phenolic OH excluding ortho intramolecular Hbond substituents is 1. The molecule has 0 bridgehead atoms. The third-order valence-electron chi connectivity index (χ3n) is 2.67. The molecule has 0 spiro atoms. The van der Waals surface area contributed by atoms with Gasteiger partial charge in [-0.15, -0.1) is 0 Å². The smallest absolute Gasteiger partial charge is 0.129 e. The second kappa shape index (κ2) is 5.34. The lowest BCUT2D eigenvalue weighted by Crippen LogP contribution is -1.98. The number of hydrogen-bond acceptors (Lipinski definition) is 3. The summed E-state index contributed by atoms with van der Waals surface area (Å²) in [5.74, 6) is 1.12. The van der Waals surface area contributed by atoms with Crippen LogP contribution in [0.1, 0.15) is 12.8 Å². The maximum Gasteiger partial charge on any atom is 0.129 e. The van der Waals surface area contributed by atoms with Gasteiger partial charge in [-0.3, -0.25) is 0 Å². The summed E-state index contributed by atoms with van der Waals surface area (Å²) in [6.07, 6.45) is 2.77. The van der Waals surface area contributed by atoms with Crippen molar-refractivity contribution in [3.05, 3.63) is 35.5 Å². The van der Waals surface area contributed by atoms with E-state index in [0.717, 1.165) is 17.8 Å². The Kier molecular flexibility index (Phi) is 3.82. The van der Waals surface area contributed by atoms with E-state index in [1.165, 1.54) is 12.8 Å². The Morgan fingerprint density at radius 2 is 2.00 bits per heavy atom. The molecule has 0 radical (unpaired) electrons. The summed E-state index contributed by atoms with van der Waals surface area (Å²) < 4.78 is 0. The first-order valence-electron chi connectivity index (χ1n) is 5.64. The van der Waals surface area contributed by atoms with Crippen molar-refractivity contribution in [2.24, 2.45) is 11.7 Å². The molecule has 3 rings (SSSR count). The van der Waals surface area contributed by atoms with Gasteiger partial charge in [0.1, 0.15) is 10.9 Å². The molecule has 2 aromatic rings. The highest BCUT2D eigenvalue weighted by atomic mass is 35.5. The zero-order valence-electron chi connectivity index (χ0n) is 9.44. The summed E-state index contributed by atoms with van der Waals surface area (Å²) >= 11 is 5.68. The number of aromatic hydroxyl groups is 1. The molecular weight excluding hydrogens is 236 g/mol. The van der Waals surface area contributed by atoms with E-state index in [4.69, 9.17) is 22.4 Å². The number of nitrogens with zero attached hydrogens (tertiary/aromatic N) is 1. The third-order valence-corrected chi connectivity index (χ3v) is 2.88. The Morgan fingerprint density at radius 3 is 2.59 bits per heavy atom. The molecule has 1 aliphatic rings. The van der Waals surface area contributed by atoms with Crippen molar-refractivity contribution in [1.82, 2.24) is 4.98 Å². The van der Waals surface area contributed by atoms with Crippen molar-refractivity contribution in [3.63, 3.8) is 0 Å². The van der Waals surface area contributed by atoms with E-state index in [-0.39, 0.29) is 5.75 Å². The fourth-order valence-electron chi connectivity index (χ4n) is 1.43. The van der Waals surface area contributed by atoms with E-state index >= 15 is 0 Å². The van der Waals surface area contributed by atoms with E-state index in [1.807, 2.05) is 6.07 Å². The fraction of sp³-hybridized carbons (Fsp3) is 0.308. The normalized spacial score (nSPS) is 14.2. The molecule has 1 aromatic heterocycles. The van der Waals surface area contributed by atoms with Crippen molar-refractivity contribution in [3.8, 4) is 5.75 Å². The van der Waals surface area contributed by atoms with Crippen LogP contribution in [0.5, 0.6) is 5.75 Å². The van der Waals surface area contributed by atoms with Gasteiger partial charge in [-0.25, -0.2) is 4.98 Å². The van der Waals surface area contributed by atoms with E-state index in [9.17, 15) is 0 Å². The Bertz CT molecular complexity index is 475. The average Bonchev–Trinajstić information content (AvgIpc) is 3.12. The number of nitrogens with two attached hydrogens (primary N) is 1. The summed E-state index contributed by atoms with van der Waals surface area (Å²) in [4.78, 5) is 4.04. The Morgan fingerprint density at radius 1 is 1.29 bits per heavy atom. The molecule has 1 fully saturated rings. The van der Waals surface area contributed by atoms with Gasteiger partial charge in [-0.05, 0) is 49.6 Å². The number of aromatic nitrogens is 1. The van der Waals surface area contributed by atoms with Crippen molar-refractivity contribution in [1.29, 1.82) is 0 Å². The van der Waals surface area contributed by atoms with Gasteiger partial charge in [0.2, 0.25) is 0 Å². The monoisotopic (exact) mass is 250 g/mol. The third kappa shape index (κ3) is 3.58. The Balaban J connectivity index is 0.000000181. The number of rotatable bonds is 1. The van der Waals surface area contributed by atoms with Crippen LogP contribution in [0.2, 0.25) is 5.15 Å². The molecule has 90 valence electrons. The number of phenols is 1. The summed E-state index contributed by atoms with van der Waals surface area (Å²) in [6, 6.07) is 8.60. The van der Waals surface area contributed by atoms with Gasteiger partial charge in [0, 0.05) is 11.5 Å². The summed E-state index contributed by atoms with van der Waals surface area (Å²) in [6.45, 7) is 0.917. The van der Waals surface area contributed by atoms with Gasteiger partial charge in [-0.2, -0.15) is 0 Å². The second-order valence-electron chi connectivity index (χ2n) is 4.19. The Labute approximate surface area is 105 Å². The molecule has 0 atom stereocenters. The van der Waals surface area contributed by atoms with Crippen molar-refractivity contribution in [2.75, 3.05) is 6.54 Å². The van der Waals surface area contributed by atoms with Gasteiger partial charge in [0.25, 0.3) is 0 Å². The fourth-order valence-corrected chi connectivity index (χ4v) is 1.59. The zero-order valence-corrected chi connectivity index (χ0v) is 10.2. The molecule has 0 saturated heterocycles.